The highest BCUT2D eigenvalue weighted by Crippen LogP contribution is 2.36. The first kappa shape index (κ1) is 20.2. The molecule has 11 heteroatoms. The summed E-state index contributed by atoms with van der Waals surface area (Å²) in [5.74, 6) is 0.662. The predicted octanol–water partition coefficient (Wildman–Crippen LogP) is 2.19. The lowest BCUT2D eigenvalue weighted by Gasteiger charge is -2.21. The molecule has 4 heterocycles. The third kappa shape index (κ3) is 3.61. The number of rotatable bonds is 5. The monoisotopic (exact) mass is 448 g/mol. The topological polar surface area (TPSA) is 122 Å². The fourth-order valence-corrected chi connectivity index (χ4v) is 4.45. The summed E-state index contributed by atoms with van der Waals surface area (Å²) in [5.41, 5.74) is 1.30. The second-order valence-corrected chi connectivity index (χ2v) is 8.48. The Bertz CT molecular complexity index is 1300. The Hall–Kier alpha value is -3.70. The lowest BCUT2D eigenvalue weighted by atomic mass is 9.91. The van der Waals surface area contributed by atoms with Crippen LogP contribution < -0.4 is 5.32 Å². The van der Waals surface area contributed by atoms with Crippen molar-refractivity contribution in [1.82, 2.24) is 34.8 Å². The lowest BCUT2D eigenvalue weighted by Crippen LogP contribution is -2.36. The standard InChI is InChI=1S/C21H20N8O2S/c1-28-9-7-21(31,19(28)30)14-5-3-4-13(10-14)18-23-16(12-32-18)15-6-8-22-20(24-15)25-17-11-29(2)27-26-17/h3-6,8,10-12,31H,7,9H2,1-2H3,(H,22,24,25)/t21-/m1/s1. The number of anilines is 2. The third-order valence-corrected chi connectivity index (χ3v) is 6.25. The zero-order valence-corrected chi connectivity index (χ0v) is 18.2. The molecule has 0 saturated carbocycles. The van der Waals surface area contributed by atoms with Crippen molar-refractivity contribution in [1.29, 1.82) is 0 Å². The van der Waals surface area contributed by atoms with E-state index in [1.165, 1.54) is 11.3 Å². The Morgan fingerprint density at radius 1 is 1.19 bits per heavy atom. The van der Waals surface area contributed by atoms with E-state index in [0.717, 1.165) is 10.6 Å². The average Bonchev–Trinajstić information content (AvgIpc) is 3.52. The molecule has 1 aliphatic rings. The first-order valence-electron chi connectivity index (χ1n) is 9.93. The molecule has 1 aliphatic heterocycles. The molecule has 2 N–H and O–H groups in total. The molecule has 1 fully saturated rings. The molecule has 1 amide bonds. The first-order chi connectivity index (χ1) is 15.4. The van der Waals surface area contributed by atoms with Gasteiger partial charge in [-0.05, 0) is 17.7 Å². The SMILES string of the molecule is CN1CC[C@@](O)(c2cccc(-c3nc(-c4ccnc(Nc5cn(C)nn5)n4)cs3)c2)C1=O. The smallest absolute Gasteiger partial charge is 0.258 e. The van der Waals surface area contributed by atoms with Crippen LogP contribution in [0.1, 0.15) is 12.0 Å². The summed E-state index contributed by atoms with van der Waals surface area (Å²) in [4.78, 5) is 27.5. The molecule has 162 valence electrons. The van der Waals surface area contributed by atoms with E-state index in [0.29, 0.717) is 41.7 Å². The van der Waals surface area contributed by atoms with Gasteiger partial charge in [0, 0.05) is 44.2 Å². The van der Waals surface area contributed by atoms with Crippen LogP contribution in [0.4, 0.5) is 11.8 Å². The van der Waals surface area contributed by atoms with Gasteiger partial charge in [-0.2, -0.15) is 0 Å². The van der Waals surface area contributed by atoms with Crippen LogP contribution in [0, 0.1) is 0 Å². The molecule has 10 nitrogen and oxygen atoms in total. The maximum Gasteiger partial charge on any atom is 0.258 e. The maximum atomic E-state index is 12.5. The van der Waals surface area contributed by atoms with Crippen LogP contribution in [0.5, 0.6) is 0 Å². The number of likely N-dealkylation sites (tertiary alicyclic amines) is 1. The third-order valence-electron chi connectivity index (χ3n) is 5.36. The molecule has 0 aliphatic carbocycles. The molecule has 0 radical (unpaired) electrons. The average molecular weight is 449 g/mol. The largest absolute Gasteiger partial charge is 0.375 e. The van der Waals surface area contributed by atoms with Crippen molar-refractivity contribution in [3.8, 4) is 22.0 Å². The van der Waals surface area contributed by atoms with E-state index in [4.69, 9.17) is 4.98 Å². The van der Waals surface area contributed by atoms with Gasteiger partial charge in [0.25, 0.3) is 5.91 Å². The Balaban J connectivity index is 1.41. The Morgan fingerprint density at radius 2 is 2.06 bits per heavy atom. The van der Waals surface area contributed by atoms with Crippen molar-refractivity contribution in [3.05, 3.63) is 53.7 Å². The summed E-state index contributed by atoms with van der Waals surface area (Å²) in [6.07, 6.45) is 3.75. The molecule has 5 rings (SSSR count). The Kier molecular flexibility index (Phi) is 4.91. The van der Waals surface area contributed by atoms with Crippen LogP contribution in [-0.2, 0) is 17.4 Å². The number of benzene rings is 1. The number of amides is 1. The van der Waals surface area contributed by atoms with Crippen molar-refractivity contribution in [2.75, 3.05) is 18.9 Å². The number of carbonyl (C=O) groups excluding carboxylic acids is 1. The number of hydrogen-bond donors (Lipinski definition) is 2. The van der Waals surface area contributed by atoms with Crippen molar-refractivity contribution >= 4 is 29.0 Å². The number of nitrogens with zero attached hydrogens (tertiary/aromatic N) is 7. The highest BCUT2D eigenvalue weighted by molar-refractivity contribution is 7.13. The summed E-state index contributed by atoms with van der Waals surface area (Å²) in [6.45, 7) is 0.527. The number of likely N-dealkylation sites (N-methyl/N-ethyl adjacent to an activating group) is 1. The van der Waals surface area contributed by atoms with E-state index in [2.05, 4.69) is 25.6 Å². The number of nitrogens with one attached hydrogen (secondary N) is 1. The van der Waals surface area contributed by atoms with Gasteiger partial charge in [-0.15, -0.1) is 16.4 Å². The van der Waals surface area contributed by atoms with Crippen LogP contribution in [-0.4, -0.2) is 59.5 Å². The number of aromatic nitrogens is 6. The van der Waals surface area contributed by atoms with E-state index in [-0.39, 0.29) is 5.91 Å². The van der Waals surface area contributed by atoms with E-state index < -0.39 is 5.60 Å². The maximum absolute atomic E-state index is 12.5. The van der Waals surface area contributed by atoms with Crippen molar-refractivity contribution < 1.29 is 9.90 Å². The molecule has 0 bridgehead atoms. The number of thiazole rings is 1. The predicted molar refractivity (Wildman–Crippen MR) is 119 cm³/mol. The van der Waals surface area contributed by atoms with Gasteiger partial charge in [-0.25, -0.2) is 15.0 Å². The van der Waals surface area contributed by atoms with Gasteiger partial charge in [0.1, 0.15) is 10.7 Å². The van der Waals surface area contributed by atoms with Crippen LogP contribution in [0.2, 0.25) is 0 Å². The van der Waals surface area contributed by atoms with Gasteiger partial charge < -0.3 is 15.3 Å². The Labute approximate surface area is 187 Å². The molecule has 1 aromatic carbocycles. The quantitative estimate of drug-likeness (QED) is 0.476. The molecular formula is C21H20N8O2S. The van der Waals surface area contributed by atoms with Gasteiger partial charge in [0.2, 0.25) is 5.95 Å². The second kappa shape index (κ2) is 7.77. The van der Waals surface area contributed by atoms with E-state index in [9.17, 15) is 9.90 Å². The van der Waals surface area contributed by atoms with Crippen LogP contribution in [0.3, 0.4) is 0 Å². The molecule has 32 heavy (non-hydrogen) atoms. The van der Waals surface area contributed by atoms with Crippen LogP contribution >= 0.6 is 11.3 Å². The number of hydrogen-bond acceptors (Lipinski definition) is 9. The van der Waals surface area contributed by atoms with Gasteiger partial charge in [-0.1, -0.05) is 23.4 Å². The molecule has 1 saturated heterocycles. The van der Waals surface area contributed by atoms with Gasteiger partial charge in [0.05, 0.1) is 11.9 Å². The summed E-state index contributed by atoms with van der Waals surface area (Å²) in [6, 6.07) is 9.15. The summed E-state index contributed by atoms with van der Waals surface area (Å²) in [5, 5.41) is 24.5. The summed E-state index contributed by atoms with van der Waals surface area (Å²) < 4.78 is 1.58. The number of aryl methyl sites for hydroxylation is 1. The highest BCUT2D eigenvalue weighted by Gasteiger charge is 2.45. The molecule has 3 aromatic heterocycles. The molecule has 4 aromatic rings. The minimum absolute atomic E-state index is 0.279. The van der Waals surface area contributed by atoms with E-state index in [1.807, 2.05) is 23.6 Å². The minimum Gasteiger partial charge on any atom is -0.375 e. The van der Waals surface area contributed by atoms with Gasteiger partial charge in [0.15, 0.2) is 11.4 Å². The van der Waals surface area contributed by atoms with Crippen molar-refractivity contribution in [3.63, 3.8) is 0 Å². The van der Waals surface area contributed by atoms with E-state index >= 15 is 0 Å². The van der Waals surface area contributed by atoms with Crippen LogP contribution in [0.25, 0.3) is 22.0 Å². The van der Waals surface area contributed by atoms with Crippen molar-refractivity contribution in [2.45, 2.75) is 12.0 Å². The number of carbonyl (C=O) groups is 1. The fourth-order valence-electron chi connectivity index (χ4n) is 3.64. The van der Waals surface area contributed by atoms with Gasteiger partial charge >= 0.3 is 0 Å². The second-order valence-electron chi connectivity index (χ2n) is 7.62. The highest BCUT2D eigenvalue weighted by atomic mass is 32.1. The molecule has 0 spiro atoms. The normalized spacial score (nSPS) is 18.3. The van der Waals surface area contributed by atoms with Crippen molar-refractivity contribution in [2.24, 2.45) is 7.05 Å². The lowest BCUT2D eigenvalue weighted by molar-refractivity contribution is -0.143. The molecule has 0 unspecified atom stereocenters. The first-order valence-corrected chi connectivity index (χ1v) is 10.8. The minimum atomic E-state index is -1.49. The summed E-state index contributed by atoms with van der Waals surface area (Å²) >= 11 is 1.47. The number of aliphatic hydroxyl groups is 1. The Morgan fingerprint density at radius 3 is 2.81 bits per heavy atom. The fraction of sp³-hybridized carbons (Fsp3) is 0.238. The zero-order chi connectivity index (χ0) is 22.3. The van der Waals surface area contributed by atoms with E-state index in [1.54, 1.807) is 48.2 Å². The van der Waals surface area contributed by atoms with Gasteiger partial charge in [-0.3, -0.25) is 9.48 Å². The molecule has 1 atom stereocenters. The molecular weight excluding hydrogens is 428 g/mol. The summed E-state index contributed by atoms with van der Waals surface area (Å²) in [7, 11) is 3.48. The zero-order valence-electron chi connectivity index (χ0n) is 17.4. The van der Waals surface area contributed by atoms with Crippen LogP contribution in [0.15, 0.2) is 48.1 Å².